The predicted molar refractivity (Wildman–Crippen MR) is 67.0 cm³/mol. The molecule has 1 aliphatic heterocycles. The van der Waals surface area contributed by atoms with Crippen molar-refractivity contribution in [2.75, 3.05) is 18.9 Å². The molecule has 1 aromatic rings. The van der Waals surface area contributed by atoms with Gasteiger partial charge in [0.2, 0.25) is 0 Å². The van der Waals surface area contributed by atoms with Crippen LogP contribution in [0.1, 0.15) is 18.9 Å². The van der Waals surface area contributed by atoms with Gasteiger partial charge < -0.3 is 15.3 Å². The summed E-state index contributed by atoms with van der Waals surface area (Å²) in [5, 5.41) is 13.1. The van der Waals surface area contributed by atoms with Gasteiger partial charge in [-0.3, -0.25) is 0 Å². The number of rotatable bonds is 2. The maximum atomic E-state index is 9.63. The Morgan fingerprint density at radius 2 is 2.19 bits per heavy atom. The average molecular weight is 220 g/mol. The van der Waals surface area contributed by atoms with E-state index in [1.54, 1.807) is 6.07 Å². The topological polar surface area (TPSA) is 35.5 Å². The van der Waals surface area contributed by atoms with Crippen LogP contribution < -0.4 is 5.32 Å². The fourth-order valence-corrected chi connectivity index (χ4v) is 2.23. The summed E-state index contributed by atoms with van der Waals surface area (Å²) in [5.74, 6) is 0.365. The molecule has 88 valence electrons. The molecule has 1 aromatic carbocycles. The quantitative estimate of drug-likeness (QED) is 0.802. The number of benzene rings is 1. The number of phenols is 1. The summed E-state index contributed by atoms with van der Waals surface area (Å²) in [5.41, 5.74) is 1.93. The minimum atomic E-state index is 0.365. The van der Waals surface area contributed by atoms with Crippen LogP contribution in [-0.4, -0.2) is 35.7 Å². The summed E-state index contributed by atoms with van der Waals surface area (Å²) in [6.07, 6.45) is 1.16. The molecule has 0 amide bonds. The predicted octanol–water partition coefficient (Wildman–Crippen LogP) is 2.21. The van der Waals surface area contributed by atoms with Crippen molar-refractivity contribution in [2.24, 2.45) is 0 Å². The van der Waals surface area contributed by atoms with Crippen molar-refractivity contribution in [1.82, 2.24) is 4.90 Å². The molecule has 0 aromatic heterocycles. The SMILES string of the molecule is Cc1ccc(NC2CC(C)N(C)C2)cc1O. The molecule has 2 atom stereocenters. The first-order valence-corrected chi connectivity index (χ1v) is 5.82. The van der Waals surface area contributed by atoms with Gasteiger partial charge in [-0.25, -0.2) is 0 Å². The van der Waals surface area contributed by atoms with E-state index in [4.69, 9.17) is 0 Å². The second-order valence-electron chi connectivity index (χ2n) is 4.87. The highest BCUT2D eigenvalue weighted by Gasteiger charge is 2.25. The van der Waals surface area contributed by atoms with E-state index in [0.717, 1.165) is 24.2 Å². The second kappa shape index (κ2) is 4.34. The highest BCUT2D eigenvalue weighted by Crippen LogP contribution is 2.24. The lowest BCUT2D eigenvalue weighted by Crippen LogP contribution is -2.24. The van der Waals surface area contributed by atoms with Crippen LogP contribution in [0.2, 0.25) is 0 Å². The van der Waals surface area contributed by atoms with Crippen LogP contribution in [-0.2, 0) is 0 Å². The van der Waals surface area contributed by atoms with E-state index in [1.807, 2.05) is 19.1 Å². The van der Waals surface area contributed by atoms with Crippen LogP contribution in [0.25, 0.3) is 0 Å². The fourth-order valence-electron chi connectivity index (χ4n) is 2.23. The Morgan fingerprint density at radius 3 is 2.75 bits per heavy atom. The van der Waals surface area contributed by atoms with E-state index >= 15 is 0 Å². The number of aromatic hydroxyl groups is 1. The molecule has 0 bridgehead atoms. The van der Waals surface area contributed by atoms with Gasteiger partial charge in [-0.2, -0.15) is 0 Å². The summed E-state index contributed by atoms with van der Waals surface area (Å²) in [4.78, 5) is 2.35. The summed E-state index contributed by atoms with van der Waals surface area (Å²) < 4.78 is 0. The number of hydrogen-bond acceptors (Lipinski definition) is 3. The zero-order chi connectivity index (χ0) is 11.7. The number of nitrogens with zero attached hydrogens (tertiary/aromatic N) is 1. The van der Waals surface area contributed by atoms with Crippen molar-refractivity contribution in [1.29, 1.82) is 0 Å². The van der Waals surface area contributed by atoms with Crippen LogP contribution >= 0.6 is 0 Å². The minimum Gasteiger partial charge on any atom is -0.508 e. The first kappa shape index (κ1) is 11.3. The van der Waals surface area contributed by atoms with E-state index in [2.05, 4.69) is 24.2 Å². The summed E-state index contributed by atoms with van der Waals surface area (Å²) in [7, 11) is 2.15. The van der Waals surface area contributed by atoms with Gasteiger partial charge >= 0.3 is 0 Å². The number of likely N-dealkylation sites (tertiary alicyclic amines) is 1. The molecule has 1 fully saturated rings. The Bertz CT molecular complexity index is 368. The van der Waals surface area contributed by atoms with Crippen molar-refractivity contribution in [3.05, 3.63) is 23.8 Å². The van der Waals surface area contributed by atoms with Crippen LogP contribution in [0.5, 0.6) is 5.75 Å². The Hall–Kier alpha value is -1.22. The Balaban J connectivity index is 2.02. The lowest BCUT2D eigenvalue weighted by Gasteiger charge is -2.15. The van der Waals surface area contributed by atoms with Gasteiger partial charge in [-0.15, -0.1) is 0 Å². The maximum Gasteiger partial charge on any atom is 0.120 e. The Labute approximate surface area is 97.1 Å². The van der Waals surface area contributed by atoms with Gasteiger partial charge in [-0.05, 0) is 38.9 Å². The van der Waals surface area contributed by atoms with Gasteiger partial charge in [0.05, 0.1) is 0 Å². The zero-order valence-corrected chi connectivity index (χ0v) is 10.2. The molecular formula is C13H20N2O. The van der Waals surface area contributed by atoms with Crippen molar-refractivity contribution in [2.45, 2.75) is 32.4 Å². The molecule has 3 heteroatoms. The average Bonchev–Trinajstić information content (AvgIpc) is 2.52. The minimum absolute atomic E-state index is 0.365. The molecule has 1 aliphatic rings. The monoisotopic (exact) mass is 220 g/mol. The molecular weight excluding hydrogens is 200 g/mol. The number of likely N-dealkylation sites (N-methyl/N-ethyl adjacent to an activating group) is 1. The van der Waals surface area contributed by atoms with Gasteiger partial charge in [0, 0.05) is 30.4 Å². The van der Waals surface area contributed by atoms with Crippen molar-refractivity contribution in [3.63, 3.8) is 0 Å². The number of nitrogens with one attached hydrogen (secondary N) is 1. The number of hydrogen-bond donors (Lipinski definition) is 2. The molecule has 2 rings (SSSR count). The second-order valence-corrected chi connectivity index (χ2v) is 4.87. The van der Waals surface area contributed by atoms with Crippen LogP contribution in [0.3, 0.4) is 0 Å². The number of aryl methyl sites for hydroxylation is 1. The molecule has 0 spiro atoms. The van der Waals surface area contributed by atoms with E-state index < -0.39 is 0 Å². The van der Waals surface area contributed by atoms with Crippen molar-refractivity contribution >= 4 is 5.69 Å². The summed E-state index contributed by atoms with van der Waals surface area (Å²) in [6.45, 7) is 5.22. The molecule has 2 unspecified atom stereocenters. The van der Waals surface area contributed by atoms with E-state index in [-0.39, 0.29) is 0 Å². The molecule has 0 aliphatic carbocycles. The normalized spacial score (nSPS) is 25.9. The first-order chi connectivity index (χ1) is 7.56. The Morgan fingerprint density at radius 1 is 1.44 bits per heavy atom. The molecule has 1 saturated heterocycles. The highest BCUT2D eigenvalue weighted by atomic mass is 16.3. The van der Waals surface area contributed by atoms with Gasteiger partial charge in [0.25, 0.3) is 0 Å². The van der Waals surface area contributed by atoms with Crippen LogP contribution in [0.4, 0.5) is 5.69 Å². The van der Waals surface area contributed by atoms with Crippen LogP contribution in [0.15, 0.2) is 18.2 Å². The standard InChI is InChI=1S/C13H20N2O/c1-9-4-5-11(7-13(9)16)14-12-6-10(2)15(3)8-12/h4-5,7,10,12,14,16H,6,8H2,1-3H3. The summed E-state index contributed by atoms with van der Waals surface area (Å²) >= 11 is 0. The molecule has 2 N–H and O–H groups in total. The van der Waals surface area contributed by atoms with Crippen LogP contribution in [0, 0.1) is 6.92 Å². The van der Waals surface area contributed by atoms with E-state index in [1.165, 1.54) is 0 Å². The third-order valence-electron chi connectivity index (χ3n) is 3.47. The largest absolute Gasteiger partial charge is 0.508 e. The van der Waals surface area contributed by atoms with Gasteiger partial charge in [-0.1, -0.05) is 6.07 Å². The Kier molecular flexibility index (Phi) is 3.06. The van der Waals surface area contributed by atoms with Gasteiger partial charge in [0.1, 0.15) is 5.75 Å². The molecule has 1 heterocycles. The van der Waals surface area contributed by atoms with Crippen molar-refractivity contribution in [3.8, 4) is 5.75 Å². The summed E-state index contributed by atoms with van der Waals surface area (Å²) in [6, 6.07) is 6.90. The fraction of sp³-hybridized carbons (Fsp3) is 0.538. The number of anilines is 1. The molecule has 3 nitrogen and oxygen atoms in total. The third-order valence-corrected chi connectivity index (χ3v) is 3.47. The highest BCUT2D eigenvalue weighted by molar-refractivity contribution is 5.51. The molecule has 0 saturated carbocycles. The number of phenolic OH excluding ortho intramolecular Hbond substituents is 1. The molecule has 0 radical (unpaired) electrons. The van der Waals surface area contributed by atoms with Crippen molar-refractivity contribution < 1.29 is 5.11 Å². The van der Waals surface area contributed by atoms with E-state index in [0.29, 0.717) is 17.8 Å². The third kappa shape index (κ3) is 2.30. The maximum absolute atomic E-state index is 9.63. The smallest absolute Gasteiger partial charge is 0.120 e. The first-order valence-electron chi connectivity index (χ1n) is 5.82. The van der Waals surface area contributed by atoms with E-state index in [9.17, 15) is 5.11 Å². The lowest BCUT2D eigenvalue weighted by atomic mass is 10.1. The lowest BCUT2D eigenvalue weighted by molar-refractivity contribution is 0.330. The molecule has 16 heavy (non-hydrogen) atoms. The zero-order valence-electron chi connectivity index (χ0n) is 10.2. The van der Waals surface area contributed by atoms with Gasteiger partial charge in [0.15, 0.2) is 0 Å².